The molecule has 0 spiro atoms. The Bertz CT molecular complexity index is 334. The third kappa shape index (κ3) is 3.03. The Morgan fingerprint density at radius 1 is 1.30 bits per heavy atom. The number of nitrogens with one attached hydrogen (secondary N) is 1. The van der Waals surface area contributed by atoms with Gasteiger partial charge in [-0.15, -0.1) is 0 Å². The molecule has 0 aromatic carbocycles. The van der Waals surface area contributed by atoms with Crippen LogP contribution in [0, 0.1) is 11.3 Å². The van der Waals surface area contributed by atoms with Gasteiger partial charge in [0.1, 0.15) is 0 Å². The quantitative estimate of drug-likeness (QED) is 0.807. The molecule has 116 valence electrons. The van der Waals surface area contributed by atoms with Gasteiger partial charge >= 0.3 is 0 Å². The number of carbonyl (C=O) groups is 1. The Morgan fingerprint density at radius 2 is 1.95 bits per heavy atom. The Hall–Kier alpha value is -0.570. The van der Waals surface area contributed by atoms with E-state index < -0.39 is 0 Å². The van der Waals surface area contributed by atoms with E-state index in [1.165, 1.54) is 32.1 Å². The molecule has 3 heteroatoms. The van der Waals surface area contributed by atoms with Gasteiger partial charge in [0.05, 0.1) is 12.2 Å². The lowest BCUT2D eigenvalue weighted by Gasteiger charge is -2.35. The summed E-state index contributed by atoms with van der Waals surface area (Å²) in [6.07, 6.45) is 8.98. The highest BCUT2D eigenvalue weighted by atomic mass is 16.2. The van der Waals surface area contributed by atoms with Crippen molar-refractivity contribution >= 4 is 5.91 Å². The maximum Gasteiger partial charge on any atom is 0.241 e. The number of nitrogens with zero attached hydrogens (tertiary/aromatic N) is 1. The zero-order chi connectivity index (χ0) is 14.8. The molecule has 3 nitrogen and oxygen atoms in total. The number of rotatable bonds is 6. The van der Waals surface area contributed by atoms with E-state index in [-0.39, 0.29) is 12.2 Å². The van der Waals surface area contributed by atoms with Crippen LogP contribution in [0.4, 0.5) is 0 Å². The minimum absolute atomic E-state index is 0.0295. The monoisotopic (exact) mass is 280 g/mol. The highest BCUT2D eigenvalue weighted by molar-refractivity contribution is 5.84. The van der Waals surface area contributed by atoms with E-state index in [9.17, 15) is 4.79 Å². The van der Waals surface area contributed by atoms with E-state index >= 15 is 0 Å². The largest absolute Gasteiger partial charge is 0.325 e. The van der Waals surface area contributed by atoms with Crippen molar-refractivity contribution in [2.24, 2.45) is 11.3 Å². The summed E-state index contributed by atoms with van der Waals surface area (Å²) < 4.78 is 0. The lowest BCUT2D eigenvalue weighted by molar-refractivity contribution is -0.132. The predicted octanol–water partition coefficient (Wildman–Crippen LogP) is 3.54. The molecule has 2 rings (SSSR count). The summed E-state index contributed by atoms with van der Waals surface area (Å²) in [6.45, 7) is 9.77. The van der Waals surface area contributed by atoms with E-state index in [1.54, 1.807) is 0 Å². The van der Waals surface area contributed by atoms with Gasteiger partial charge in [-0.1, -0.05) is 47.0 Å². The molecule has 1 aliphatic heterocycles. The van der Waals surface area contributed by atoms with Gasteiger partial charge in [0.25, 0.3) is 0 Å². The minimum Gasteiger partial charge on any atom is -0.325 e. The molecule has 2 unspecified atom stereocenters. The fraction of sp³-hybridized carbons (Fsp3) is 0.941. The Morgan fingerprint density at radius 3 is 2.45 bits per heavy atom. The second-order valence-electron chi connectivity index (χ2n) is 7.22. The summed E-state index contributed by atoms with van der Waals surface area (Å²) in [4.78, 5) is 14.9. The second kappa shape index (κ2) is 6.46. The van der Waals surface area contributed by atoms with Crippen molar-refractivity contribution in [2.75, 3.05) is 6.54 Å². The number of carbonyl (C=O) groups excluding carboxylic acids is 1. The van der Waals surface area contributed by atoms with E-state index in [2.05, 4.69) is 37.9 Å². The number of hydrogen-bond acceptors (Lipinski definition) is 2. The van der Waals surface area contributed by atoms with Crippen molar-refractivity contribution in [1.29, 1.82) is 0 Å². The van der Waals surface area contributed by atoms with Crippen molar-refractivity contribution in [3.63, 3.8) is 0 Å². The van der Waals surface area contributed by atoms with E-state index in [0.29, 0.717) is 17.2 Å². The van der Waals surface area contributed by atoms with Crippen LogP contribution in [-0.4, -0.2) is 29.6 Å². The molecule has 1 saturated heterocycles. The van der Waals surface area contributed by atoms with Crippen LogP contribution in [0.3, 0.4) is 0 Å². The molecule has 0 bridgehead atoms. The topological polar surface area (TPSA) is 32.3 Å². The smallest absolute Gasteiger partial charge is 0.241 e. The third-order valence-electron chi connectivity index (χ3n) is 5.45. The first-order valence-electron chi connectivity index (χ1n) is 8.59. The van der Waals surface area contributed by atoms with Crippen molar-refractivity contribution in [1.82, 2.24) is 10.2 Å². The first kappa shape index (κ1) is 15.8. The summed E-state index contributed by atoms with van der Waals surface area (Å²) in [5.74, 6) is 0.728. The minimum atomic E-state index is 0.0295. The molecule has 1 N–H and O–H groups in total. The maximum atomic E-state index is 12.7. The first-order chi connectivity index (χ1) is 9.53. The van der Waals surface area contributed by atoms with Crippen LogP contribution in [0.15, 0.2) is 0 Å². The molecule has 0 aromatic rings. The van der Waals surface area contributed by atoms with Crippen molar-refractivity contribution in [3.05, 3.63) is 0 Å². The Labute approximate surface area is 124 Å². The van der Waals surface area contributed by atoms with Crippen molar-refractivity contribution < 1.29 is 4.79 Å². The molecule has 1 heterocycles. The zero-order valence-corrected chi connectivity index (χ0v) is 13.7. The Kier molecular flexibility index (Phi) is 5.11. The first-order valence-corrected chi connectivity index (χ1v) is 8.59. The van der Waals surface area contributed by atoms with Gasteiger partial charge in [0, 0.05) is 6.54 Å². The van der Waals surface area contributed by atoms with Crippen LogP contribution < -0.4 is 5.32 Å². The molecular formula is C17H32N2O. The third-order valence-corrected chi connectivity index (χ3v) is 5.45. The maximum absolute atomic E-state index is 12.7. The van der Waals surface area contributed by atoms with Crippen LogP contribution >= 0.6 is 0 Å². The molecule has 2 aliphatic rings. The summed E-state index contributed by atoms with van der Waals surface area (Å²) >= 11 is 0. The molecule has 2 atom stereocenters. The molecule has 0 radical (unpaired) electrons. The highest BCUT2D eigenvalue weighted by Crippen LogP contribution is 2.42. The average molecular weight is 280 g/mol. The van der Waals surface area contributed by atoms with Gasteiger partial charge in [-0.2, -0.15) is 0 Å². The average Bonchev–Trinajstić information content (AvgIpc) is 2.99. The van der Waals surface area contributed by atoms with Crippen LogP contribution in [-0.2, 0) is 4.79 Å². The molecule has 1 amide bonds. The predicted molar refractivity (Wildman–Crippen MR) is 83.4 cm³/mol. The SMILES string of the molecule is CCCC1NC(C(C)C)C(=O)N1CC1(CC)CCCC1. The van der Waals surface area contributed by atoms with Crippen LogP contribution in [0.25, 0.3) is 0 Å². The molecule has 1 saturated carbocycles. The van der Waals surface area contributed by atoms with E-state index in [4.69, 9.17) is 0 Å². The number of hydrogen-bond donors (Lipinski definition) is 1. The van der Waals surface area contributed by atoms with Crippen molar-refractivity contribution in [3.8, 4) is 0 Å². The van der Waals surface area contributed by atoms with Crippen LogP contribution in [0.1, 0.15) is 72.6 Å². The Balaban J connectivity index is 2.11. The van der Waals surface area contributed by atoms with Crippen LogP contribution in [0.5, 0.6) is 0 Å². The number of amides is 1. The van der Waals surface area contributed by atoms with Gasteiger partial charge in [0.2, 0.25) is 5.91 Å². The van der Waals surface area contributed by atoms with E-state index in [0.717, 1.165) is 19.4 Å². The fourth-order valence-corrected chi connectivity index (χ4v) is 3.99. The normalized spacial score (nSPS) is 29.6. The molecule has 2 fully saturated rings. The van der Waals surface area contributed by atoms with Crippen LogP contribution in [0.2, 0.25) is 0 Å². The lowest BCUT2D eigenvalue weighted by atomic mass is 9.82. The molecule has 0 aromatic heterocycles. The summed E-state index contributed by atoms with van der Waals surface area (Å²) in [6, 6.07) is 0.0295. The second-order valence-corrected chi connectivity index (χ2v) is 7.22. The van der Waals surface area contributed by atoms with Gasteiger partial charge in [-0.25, -0.2) is 0 Å². The van der Waals surface area contributed by atoms with Gasteiger partial charge in [0.15, 0.2) is 0 Å². The summed E-state index contributed by atoms with van der Waals surface area (Å²) in [5.41, 5.74) is 0.398. The summed E-state index contributed by atoms with van der Waals surface area (Å²) in [7, 11) is 0. The van der Waals surface area contributed by atoms with Gasteiger partial charge in [-0.3, -0.25) is 10.1 Å². The highest BCUT2D eigenvalue weighted by Gasteiger charge is 2.44. The molecular weight excluding hydrogens is 248 g/mol. The van der Waals surface area contributed by atoms with Gasteiger partial charge in [-0.05, 0) is 37.0 Å². The lowest BCUT2D eigenvalue weighted by Crippen LogP contribution is -2.43. The molecule has 20 heavy (non-hydrogen) atoms. The van der Waals surface area contributed by atoms with Crippen molar-refractivity contribution in [2.45, 2.75) is 84.8 Å². The standard InChI is InChI=1S/C17H32N2O/c1-5-9-14-18-15(13(3)4)16(20)19(14)12-17(6-2)10-7-8-11-17/h13-15,18H,5-12H2,1-4H3. The molecule has 1 aliphatic carbocycles. The van der Waals surface area contributed by atoms with E-state index in [1.807, 2.05) is 0 Å². The zero-order valence-electron chi connectivity index (χ0n) is 13.7. The fourth-order valence-electron chi connectivity index (χ4n) is 3.99. The van der Waals surface area contributed by atoms with Gasteiger partial charge < -0.3 is 4.90 Å². The summed E-state index contributed by atoms with van der Waals surface area (Å²) in [5, 5.41) is 3.58.